The fourth-order valence-corrected chi connectivity index (χ4v) is 5.33. The van der Waals surface area contributed by atoms with Crippen LogP contribution in [0.4, 0.5) is 0 Å². The summed E-state index contributed by atoms with van der Waals surface area (Å²) in [6.45, 7) is 5.70. The van der Waals surface area contributed by atoms with E-state index in [0.717, 1.165) is 0 Å². The Labute approximate surface area is 121 Å². The van der Waals surface area contributed by atoms with E-state index < -0.39 is 0 Å². The molecule has 0 saturated heterocycles. The van der Waals surface area contributed by atoms with Crippen LogP contribution in [0.3, 0.4) is 0 Å². The standard InChI is InChI=1S/C17H27NS/c1-14(2)18-13-17(15-7-6-10-19-15)11-16(12-17)8-4-3-5-9-16/h6-7,10,14,18H,3-5,8-9,11-13H2,1-2H3. The maximum absolute atomic E-state index is 3.71. The van der Waals surface area contributed by atoms with E-state index in [1.165, 1.54) is 51.5 Å². The molecule has 1 spiro atoms. The third-order valence-electron chi connectivity index (χ3n) is 5.23. The SMILES string of the molecule is CC(C)NCC1(c2cccs2)CC2(CCCCC2)C1. The highest BCUT2D eigenvalue weighted by molar-refractivity contribution is 7.10. The number of hydrogen-bond acceptors (Lipinski definition) is 2. The molecule has 1 aromatic rings. The Bertz CT molecular complexity index is 393. The average Bonchev–Trinajstić information content (AvgIpc) is 2.89. The molecule has 1 heterocycles. The molecular weight excluding hydrogens is 250 g/mol. The molecular formula is C17H27NS. The molecule has 1 nitrogen and oxygen atoms in total. The van der Waals surface area contributed by atoms with Gasteiger partial charge in [-0.15, -0.1) is 11.3 Å². The number of nitrogens with one attached hydrogen (secondary N) is 1. The second-order valence-electron chi connectivity index (χ2n) is 7.21. The van der Waals surface area contributed by atoms with Crippen LogP contribution in [0.1, 0.15) is 63.7 Å². The van der Waals surface area contributed by atoms with E-state index in [1.807, 2.05) is 11.3 Å². The average molecular weight is 277 g/mol. The van der Waals surface area contributed by atoms with Crippen molar-refractivity contribution in [1.82, 2.24) is 5.32 Å². The van der Waals surface area contributed by atoms with Gasteiger partial charge in [0.05, 0.1) is 0 Å². The Kier molecular flexibility index (Phi) is 3.74. The molecule has 19 heavy (non-hydrogen) atoms. The minimum absolute atomic E-state index is 0.454. The fourth-order valence-electron chi connectivity index (χ4n) is 4.41. The van der Waals surface area contributed by atoms with Gasteiger partial charge < -0.3 is 5.32 Å². The molecule has 0 atom stereocenters. The van der Waals surface area contributed by atoms with Crippen molar-refractivity contribution in [2.24, 2.45) is 5.41 Å². The summed E-state index contributed by atoms with van der Waals surface area (Å²) in [6.07, 6.45) is 10.2. The van der Waals surface area contributed by atoms with Gasteiger partial charge in [-0.2, -0.15) is 0 Å². The van der Waals surface area contributed by atoms with Gasteiger partial charge in [0.25, 0.3) is 0 Å². The zero-order valence-corrected chi connectivity index (χ0v) is 13.2. The van der Waals surface area contributed by atoms with Crippen LogP contribution >= 0.6 is 11.3 Å². The molecule has 0 amide bonds. The summed E-state index contributed by atoms with van der Waals surface area (Å²) >= 11 is 1.96. The number of rotatable bonds is 4. The van der Waals surface area contributed by atoms with E-state index in [1.54, 1.807) is 4.88 Å². The first-order valence-electron chi connectivity index (χ1n) is 7.92. The Hall–Kier alpha value is -0.340. The van der Waals surface area contributed by atoms with E-state index in [-0.39, 0.29) is 0 Å². The largest absolute Gasteiger partial charge is 0.314 e. The molecule has 2 aliphatic carbocycles. The molecule has 106 valence electrons. The number of hydrogen-bond donors (Lipinski definition) is 1. The van der Waals surface area contributed by atoms with Gasteiger partial charge in [0.2, 0.25) is 0 Å². The normalized spacial score (nSPS) is 24.6. The van der Waals surface area contributed by atoms with Crippen molar-refractivity contribution in [2.75, 3.05) is 6.54 Å². The number of thiophene rings is 1. The predicted molar refractivity (Wildman–Crippen MR) is 83.9 cm³/mol. The topological polar surface area (TPSA) is 12.0 Å². The molecule has 2 heteroatoms. The first-order chi connectivity index (χ1) is 9.14. The van der Waals surface area contributed by atoms with Gasteiger partial charge in [-0.3, -0.25) is 0 Å². The monoisotopic (exact) mass is 277 g/mol. The molecule has 2 saturated carbocycles. The summed E-state index contributed by atoms with van der Waals surface area (Å²) in [5.41, 5.74) is 1.16. The molecule has 3 rings (SSSR count). The molecule has 1 aromatic heterocycles. The first kappa shape index (κ1) is 13.6. The van der Waals surface area contributed by atoms with Crippen molar-refractivity contribution in [3.8, 4) is 0 Å². The highest BCUT2D eigenvalue weighted by atomic mass is 32.1. The predicted octanol–water partition coefficient (Wildman–Crippen LogP) is 4.73. The Morgan fingerprint density at radius 3 is 2.53 bits per heavy atom. The van der Waals surface area contributed by atoms with Crippen LogP contribution in [0, 0.1) is 5.41 Å². The van der Waals surface area contributed by atoms with Crippen molar-refractivity contribution < 1.29 is 0 Å². The Morgan fingerprint density at radius 1 is 1.21 bits per heavy atom. The summed E-state index contributed by atoms with van der Waals surface area (Å²) in [5, 5.41) is 5.95. The van der Waals surface area contributed by atoms with Gasteiger partial charge in [0.1, 0.15) is 0 Å². The van der Waals surface area contributed by atoms with E-state index in [9.17, 15) is 0 Å². The molecule has 0 bridgehead atoms. The van der Waals surface area contributed by atoms with Crippen molar-refractivity contribution in [2.45, 2.75) is 70.3 Å². The van der Waals surface area contributed by atoms with Gasteiger partial charge in [0.15, 0.2) is 0 Å². The van der Waals surface area contributed by atoms with Crippen molar-refractivity contribution in [1.29, 1.82) is 0 Å². The van der Waals surface area contributed by atoms with Crippen LogP contribution in [0.5, 0.6) is 0 Å². The quantitative estimate of drug-likeness (QED) is 0.839. The Balaban J connectivity index is 1.73. The minimum atomic E-state index is 0.454. The zero-order chi connectivity index (χ0) is 13.3. The van der Waals surface area contributed by atoms with Gasteiger partial charge in [-0.25, -0.2) is 0 Å². The van der Waals surface area contributed by atoms with Crippen molar-refractivity contribution >= 4 is 11.3 Å². The lowest BCUT2D eigenvalue weighted by atomic mass is 9.48. The second-order valence-corrected chi connectivity index (χ2v) is 8.16. The van der Waals surface area contributed by atoms with Crippen LogP contribution in [0.15, 0.2) is 17.5 Å². The van der Waals surface area contributed by atoms with E-state index in [4.69, 9.17) is 0 Å². The van der Waals surface area contributed by atoms with E-state index in [0.29, 0.717) is 16.9 Å². The smallest absolute Gasteiger partial charge is 0.0182 e. The molecule has 0 aliphatic heterocycles. The minimum Gasteiger partial charge on any atom is -0.314 e. The molecule has 0 radical (unpaired) electrons. The lowest BCUT2D eigenvalue weighted by Gasteiger charge is -2.58. The van der Waals surface area contributed by atoms with Crippen LogP contribution in [0.2, 0.25) is 0 Å². The maximum Gasteiger partial charge on any atom is 0.0182 e. The maximum atomic E-state index is 3.71. The van der Waals surface area contributed by atoms with Crippen LogP contribution in [0.25, 0.3) is 0 Å². The highest BCUT2D eigenvalue weighted by Crippen LogP contribution is 2.62. The second kappa shape index (κ2) is 5.21. The van der Waals surface area contributed by atoms with Gasteiger partial charge in [0, 0.05) is 22.9 Å². The molecule has 0 unspecified atom stereocenters. The highest BCUT2D eigenvalue weighted by Gasteiger charge is 2.55. The zero-order valence-electron chi connectivity index (χ0n) is 12.4. The summed E-state index contributed by atoms with van der Waals surface area (Å²) in [4.78, 5) is 1.62. The molecule has 2 aliphatic rings. The van der Waals surface area contributed by atoms with Crippen molar-refractivity contribution in [3.05, 3.63) is 22.4 Å². The van der Waals surface area contributed by atoms with Gasteiger partial charge >= 0.3 is 0 Å². The van der Waals surface area contributed by atoms with Crippen LogP contribution in [-0.4, -0.2) is 12.6 Å². The first-order valence-corrected chi connectivity index (χ1v) is 8.80. The van der Waals surface area contributed by atoms with Gasteiger partial charge in [-0.1, -0.05) is 39.2 Å². The lowest BCUT2D eigenvalue weighted by molar-refractivity contribution is -0.0117. The summed E-state index contributed by atoms with van der Waals surface area (Å²) in [5.74, 6) is 0. The third-order valence-corrected chi connectivity index (χ3v) is 6.35. The molecule has 1 N–H and O–H groups in total. The summed E-state index contributed by atoms with van der Waals surface area (Å²) in [7, 11) is 0. The van der Waals surface area contributed by atoms with Crippen LogP contribution in [-0.2, 0) is 5.41 Å². The Morgan fingerprint density at radius 2 is 1.95 bits per heavy atom. The van der Waals surface area contributed by atoms with Crippen LogP contribution < -0.4 is 5.32 Å². The summed E-state index contributed by atoms with van der Waals surface area (Å²) < 4.78 is 0. The fraction of sp³-hybridized carbons (Fsp3) is 0.765. The third kappa shape index (κ3) is 2.62. The molecule has 2 fully saturated rings. The lowest BCUT2D eigenvalue weighted by Crippen LogP contribution is -2.55. The molecule has 0 aromatic carbocycles. The van der Waals surface area contributed by atoms with Gasteiger partial charge in [-0.05, 0) is 42.5 Å². The van der Waals surface area contributed by atoms with E-state index >= 15 is 0 Å². The summed E-state index contributed by atoms with van der Waals surface area (Å²) in [6, 6.07) is 5.19. The van der Waals surface area contributed by atoms with E-state index in [2.05, 4.69) is 36.7 Å². The van der Waals surface area contributed by atoms with Crippen molar-refractivity contribution in [3.63, 3.8) is 0 Å².